The van der Waals surface area contributed by atoms with Gasteiger partial charge in [-0.3, -0.25) is 0 Å². The van der Waals surface area contributed by atoms with E-state index in [1.807, 2.05) is 0 Å². The van der Waals surface area contributed by atoms with Gasteiger partial charge in [0, 0.05) is 18.1 Å². The number of hydrogen-bond donors (Lipinski definition) is 1. The molecule has 1 atom stereocenters. The second-order valence-corrected chi connectivity index (χ2v) is 7.41. The average molecular weight is 310 g/mol. The summed E-state index contributed by atoms with van der Waals surface area (Å²) in [7, 11) is -3.71. The summed E-state index contributed by atoms with van der Waals surface area (Å²) in [5, 5.41) is 10.3. The smallest absolute Gasteiger partial charge is 0.244 e. The van der Waals surface area contributed by atoms with Gasteiger partial charge in [0.25, 0.3) is 0 Å². The van der Waals surface area contributed by atoms with Crippen LogP contribution < -0.4 is 0 Å². The molecule has 1 aromatic carbocycles. The lowest BCUT2D eigenvalue weighted by molar-refractivity contribution is 0.0762. The van der Waals surface area contributed by atoms with E-state index in [4.69, 9.17) is 23.2 Å². The van der Waals surface area contributed by atoms with Gasteiger partial charge in [-0.05, 0) is 31.5 Å². The molecule has 1 aliphatic rings. The van der Waals surface area contributed by atoms with E-state index in [0.29, 0.717) is 11.4 Å². The second kappa shape index (κ2) is 4.65. The Balaban J connectivity index is 2.40. The molecular weight excluding hydrogens is 297 g/mol. The highest BCUT2D eigenvalue weighted by atomic mass is 35.5. The van der Waals surface area contributed by atoms with Crippen LogP contribution in [0.3, 0.4) is 0 Å². The molecule has 0 amide bonds. The fourth-order valence-corrected chi connectivity index (χ4v) is 4.22. The van der Waals surface area contributed by atoms with E-state index in [2.05, 4.69) is 0 Å². The summed E-state index contributed by atoms with van der Waals surface area (Å²) in [6, 6.07) is 4.31. The summed E-state index contributed by atoms with van der Waals surface area (Å²) in [5.74, 6) is 0. The first kappa shape index (κ1) is 14.1. The number of nitrogens with zero attached hydrogens (tertiary/aromatic N) is 1. The fraction of sp³-hybridized carbons (Fsp3) is 0.455. The van der Waals surface area contributed by atoms with Crippen molar-refractivity contribution in [2.45, 2.75) is 23.8 Å². The minimum atomic E-state index is -3.71. The van der Waals surface area contributed by atoms with E-state index in [0.717, 1.165) is 0 Å². The van der Waals surface area contributed by atoms with Crippen LogP contribution in [0, 0.1) is 0 Å². The monoisotopic (exact) mass is 309 g/mol. The van der Waals surface area contributed by atoms with E-state index < -0.39 is 15.6 Å². The Labute approximate surface area is 116 Å². The molecule has 1 aromatic rings. The van der Waals surface area contributed by atoms with Crippen molar-refractivity contribution >= 4 is 33.2 Å². The Bertz CT molecular complexity index is 572. The maximum absolute atomic E-state index is 12.4. The van der Waals surface area contributed by atoms with E-state index in [9.17, 15) is 13.5 Å². The van der Waals surface area contributed by atoms with Gasteiger partial charge in [-0.15, -0.1) is 0 Å². The third-order valence-corrected chi connectivity index (χ3v) is 5.49. The van der Waals surface area contributed by atoms with E-state index in [1.54, 1.807) is 6.92 Å². The molecule has 0 spiro atoms. The molecule has 0 radical (unpaired) electrons. The first-order valence-corrected chi connectivity index (χ1v) is 7.60. The van der Waals surface area contributed by atoms with E-state index in [-0.39, 0.29) is 23.0 Å². The van der Waals surface area contributed by atoms with Crippen LogP contribution >= 0.6 is 23.2 Å². The zero-order valence-corrected chi connectivity index (χ0v) is 12.1. The zero-order valence-electron chi connectivity index (χ0n) is 9.73. The van der Waals surface area contributed by atoms with Gasteiger partial charge < -0.3 is 5.11 Å². The van der Waals surface area contributed by atoms with E-state index >= 15 is 0 Å². The predicted molar refractivity (Wildman–Crippen MR) is 70.5 cm³/mol. The molecule has 1 heterocycles. The maximum atomic E-state index is 12.4. The lowest BCUT2D eigenvalue weighted by Crippen LogP contribution is -2.34. The molecule has 1 N–H and O–H groups in total. The highest BCUT2D eigenvalue weighted by Crippen LogP contribution is 2.31. The predicted octanol–water partition coefficient (Wildman–Crippen LogP) is 2.14. The van der Waals surface area contributed by atoms with Crippen molar-refractivity contribution < 1.29 is 13.5 Å². The number of halogens is 2. The average Bonchev–Trinajstić information content (AvgIpc) is 2.63. The molecule has 4 nitrogen and oxygen atoms in total. The van der Waals surface area contributed by atoms with Crippen molar-refractivity contribution in [3.63, 3.8) is 0 Å². The fourth-order valence-electron chi connectivity index (χ4n) is 1.92. The molecule has 7 heteroatoms. The Hall–Kier alpha value is -0.330. The van der Waals surface area contributed by atoms with Crippen LogP contribution in [0.5, 0.6) is 0 Å². The van der Waals surface area contributed by atoms with Gasteiger partial charge in [-0.2, -0.15) is 4.31 Å². The molecule has 1 fully saturated rings. The Morgan fingerprint density at radius 1 is 1.39 bits per heavy atom. The van der Waals surface area contributed by atoms with Crippen molar-refractivity contribution in [2.24, 2.45) is 0 Å². The molecule has 0 aliphatic carbocycles. The molecule has 0 saturated carbocycles. The number of aliphatic hydroxyl groups is 1. The first-order chi connectivity index (χ1) is 8.22. The quantitative estimate of drug-likeness (QED) is 0.910. The zero-order chi connectivity index (χ0) is 13.6. The van der Waals surface area contributed by atoms with Gasteiger partial charge in [0.1, 0.15) is 4.90 Å². The molecule has 1 unspecified atom stereocenters. The molecule has 18 heavy (non-hydrogen) atoms. The van der Waals surface area contributed by atoms with Crippen LogP contribution in [-0.4, -0.2) is 36.5 Å². The van der Waals surface area contributed by atoms with Gasteiger partial charge in [-0.25, -0.2) is 8.42 Å². The molecule has 100 valence electrons. The van der Waals surface area contributed by atoms with Crippen LogP contribution in [0.2, 0.25) is 10.0 Å². The van der Waals surface area contributed by atoms with Crippen molar-refractivity contribution in [1.82, 2.24) is 4.31 Å². The van der Waals surface area contributed by atoms with Gasteiger partial charge in [0.2, 0.25) is 10.0 Å². The minimum absolute atomic E-state index is 0.0191. The summed E-state index contributed by atoms with van der Waals surface area (Å²) in [6.45, 7) is 1.96. The number of sulfonamides is 1. The molecular formula is C11H13Cl2NO3S. The van der Waals surface area contributed by atoms with Gasteiger partial charge >= 0.3 is 0 Å². The molecule has 0 bridgehead atoms. The largest absolute Gasteiger partial charge is 0.389 e. The molecule has 2 rings (SSSR count). The first-order valence-electron chi connectivity index (χ1n) is 5.40. The Kier molecular flexibility index (Phi) is 3.64. The Morgan fingerprint density at radius 3 is 2.61 bits per heavy atom. The summed E-state index contributed by atoms with van der Waals surface area (Å²) >= 11 is 11.7. The topological polar surface area (TPSA) is 57.6 Å². The SMILES string of the molecule is CC1(O)CCN(S(=O)(=O)c2cc(Cl)ccc2Cl)C1. The van der Waals surface area contributed by atoms with Crippen LogP contribution in [0.1, 0.15) is 13.3 Å². The van der Waals surface area contributed by atoms with Crippen molar-refractivity contribution in [3.05, 3.63) is 28.2 Å². The molecule has 1 aliphatic heterocycles. The summed E-state index contributed by atoms with van der Waals surface area (Å²) in [5.41, 5.74) is -0.988. The van der Waals surface area contributed by atoms with Crippen LogP contribution in [0.25, 0.3) is 0 Å². The standard InChI is InChI=1S/C11H13Cl2NO3S/c1-11(15)4-5-14(7-11)18(16,17)10-6-8(12)2-3-9(10)13/h2-3,6,15H,4-5,7H2,1H3. The second-order valence-electron chi connectivity index (χ2n) is 4.66. The van der Waals surface area contributed by atoms with Gasteiger partial charge in [0.05, 0.1) is 10.6 Å². The third kappa shape index (κ3) is 2.65. The molecule has 1 saturated heterocycles. The van der Waals surface area contributed by atoms with Crippen molar-refractivity contribution in [3.8, 4) is 0 Å². The minimum Gasteiger partial charge on any atom is -0.389 e. The summed E-state index contributed by atoms with van der Waals surface area (Å²) < 4.78 is 26.0. The number of β-amino-alcohol motifs (C(OH)–C–C–N with tert-alkyl or cyclic N) is 1. The van der Waals surface area contributed by atoms with Crippen molar-refractivity contribution in [2.75, 3.05) is 13.1 Å². The van der Waals surface area contributed by atoms with Gasteiger partial charge in [0.15, 0.2) is 0 Å². The number of hydrogen-bond acceptors (Lipinski definition) is 3. The lowest BCUT2D eigenvalue weighted by atomic mass is 10.1. The summed E-state index contributed by atoms with van der Waals surface area (Å²) in [4.78, 5) is -0.0191. The van der Waals surface area contributed by atoms with Crippen LogP contribution in [0.4, 0.5) is 0 Å². The number of benzene rings is 1. The normalized spacial score (nSPS) is 25.6. The maximum Gasteiger partial charge on any atom is 0.244 e. The van der Waals surface area contributed by atoms with E-state index in [1.165, 1.54) is 22.5 Å². The third-order valence-electron chi connectivity index (χ3n) is 2.93. The van der Waals surface area contributed by atoms with Crippen LogP contribution in [0.15, 0.2) is 23.1 Å². The Morgan fingerprint density at radius 2 is 2.06 bits per heavy atom. The van der Waals surface area contributed by atoms with Crippen LogP contribution in [-0.2, 0) is 10.0 Å². The van der Waals surface area contributed by atoms with Gasteiger partial charge in [-0.1, -0.05) is 23.2 Å². The summed E-state index contributed by atoms with van der Waals surface area (Å²) in [6.07, 6.45) is 0.407. The van der Waals surface area contributed by atoms with Crippen molar-refractivity contribution in [1.29, 1.82) is 0 Å². The highest BCUT2D eigenvalue weighted by molar-refractivity contribution is 7.89. The highest BCUT2D eigenvalue weighted by Gasteiger charge is 2.39. The number of rotatable bonds is 2. The lowest BCUT2D eigenvalue weighted by Gasteiger charge is -2.19. The molecule has 0 aromatic heterocycles.